The molecule has 0 amide bonds. The van der Waals surface area contributed by atoms with Crippen molar-refractivity contribution in [2.24, 2.45) is 0 Å². The number of benzene rings is 1. The molecular weight excluding hydrogens is 302 g/mol. The van der Waals surface area contributed by atoms with Gasteiger partial charge >= 0.3 is 0 Å². The van der Waals surface area contributed by atoms with Gasteiger partial charge < -0.3 is 15.8 Å². The Hall–Kier alpha value is -3.15. The summed E-state index contributed by atoms with van der Waals surface area (Å²) in [5, 5.41) is 2.89. The molecule has 122 valence electrons. The SMILES string of the molecule is CNc1ncc(-c2cnc(N)c(OC(C)c3ccccc3)c2)cn1. The number of nitrogen functional groups attached to an aromatic ring is 1. The van der Waals surface area contributed by atoms with Crippen LogP contribution in [-0.2, 0) is 0 Å². The maximum absolute atomic E-state index is 6.00. The van der Waals surface area contributed by atoms with Crippen LogP contribution in [0.5, 0.6) is 5.75 Å². The van der Waals surface area contributed by atoms with E-state index < -0.39 is 0 Å². The fourth-order valence-corrected chi connectivity index (χ4v) is 2.30. The Kier molecular flexibility index (Phi) is 4.56. The lowest BCUT2D eigenvalue weighted by atomic mass is 10.1. The van der Waals surface area contributed by atoms with Crippen LogP contribution in [0.1, 0.15) is 18.6 Å². The molecule has 6 nitrogen and oxygen atoms in total. The Morgan fingerprint density at radius 1 is 1.00 bits per heavy atom. The summed E-state index contributed by atoms with van der Waals surface area (Å²) in [6.07, 6.45) is 5.02. The number of hydrogen-bond acceptors (Lipinski definition) is 6. The summed E-state index contributed by atoms with van der Waals surface area (Å²) >= 11 is 0. The molecule has 6 heteroatoms. The zero-order valence-corrected chi connectivity index (χ0v) is 13.6. The Morgan fingerprint density at radius 3 is 2.33 bits per heavy atom. The van der Waals surface area contributed by atoms with E-state index in [-0.39, 0.29) is 6.10 Å². The van der Waals surface area contributed by atoms with Crippen LogP contribution in [0.4, 0.5) is 11.8 Å². The van der Waals surface area contributed by atoms with Crippen LogP contribution < -0.4 is 15.8 Å². The number of rotatable bonds is 5. The molecule has 1 atom stereocenters. The van der Waals surface area contributed by atoms with Gasteiger partial charge in [0.25, 0.3) is 0 Å². The number of hydrogen-bond donors (Lipinski definition) is 2. The highest BCUT2D eigenvalue weighted by atomic mass is 16.5. The van der Waals surface area contributed by atoms with Crippen molar-refractivity contribution < 1.29 is 4.74 Å². The smallest absolute Gasteiger partial charge is 0.222 e. The van der Waals surface area contributed by atoms with Gasteiger partial charge in [0.1, 0.15) is 6.10 Å². The quantitative estimate of drug-likeness (QED) is 0.750. The summed E-state index contributed by atoms with van der Waals surface area (Å²) in [6.45, 7) is 1.98. The van der Waals surface area contributed by atoms with Crippen LogP contribution in [-0.4, -0.2) is 22.0 Å². The molecule has 2 heterocycles. The number of nitrogens with zero attached hydrogens (tertiary/aromatic N) is 3. The maximum Gasteiger partial charge on any atom is 0.222 e. The first kappa shape index (κ1) is 15.7. The molecule has 0 radical (unpaired) electrons. The lowest BCUT2D eigenvalue weighted by Gasteiger charge is -2.16. The number of ether oxygens (including phenoxy) is 1. The largest absolute Gasteiger partial charge is 0.482 e. The summed E-state index contributed by atoms with van der Waals surface area (Å²) in [7, 11) is 1.77. The molecule has 0 bridgehead atoms. The number of nitrogens with two attached hydrogens (primary N) is 1. The lowest BCUT2D eigenvalue weighted by Crippen LogP contribution is -2.06. The first-order chi connectivity index (χ1) is 11.7. The third-order valence-corrected chi connectivity index (χ3v) is 3.66. The van der Waals surface area contributed by atoms with Crippen molar-refractivity contribution in [3.63, 3.8) is 0 Å². The summed E-state index contributed by atoms with van der Waals surface area (Å²) in [6, 6.07) is 11.8. The van der Waals surface area contributed by atoms with E-state index >= 15 is 0 Å². The minimum absolute atomic E-state index is 0.131. The van der Waals surface area contributed by atoms with Gasteiger partial charge in [-0.1, -0.05) is 30.3 Å². The second-order valence-corrected chi connectivity index (χ2v) is 5.32. The first-order valence-electron chi connectivity index (χ1n) is 7.64. The van der Waals surface area contributed by atoms with Crippen molar-refractivity contribution in [2.75, 3.05) is 18.1 Å². The van der Waals surface area contributed by atoms with Gasteiger partial charge in [-0.15, -0.1) is 0 Å². The van der Waals surface area contributed by atoms with E-state index in [0.29, 0.717) is 17.5 Å². The highest BCUT2D eigenvalue weighted by molar-refractivity contribution is 5.66. The highest BCUT2D eigenvalue weighted by Gasteiger charge is 2.12. The van der Waals surface area contributed by atoms with Gasteiger partial charge in [0, 0.05) is 36.8 Å². The predicted octanol–water partition coefficient (Wildman–Crippen LogP) is 3.30. The van der Waals surface area contributed by atoms with Crippen LogP contribution in [0.2, 0.25) is 0 Å². The topological polar surface area (TPSA) is 86.0 Å². The molecule has 0 aliphatic rings. The van der Waals surface area contributed by atoms with Crippen LogP contribution in [0.15, 0.2) is 55.0 Å². The van der Waals surface area contributed by atoms with Crippen molar-refractivity contribution in [1.82, 2.24) is 15.0 Å². The van der Waals surface area contributed by atoms with Crippen LogP contribution >= 0.6 is 0 Å². The third-order valence-electron chi connectivity index (χ3n) is 3.66. The van der Waals surface area contributed by atoms with Crippen molar-refractivity contribution in [2.45, 2.75) is 13.0 Å². The Bertz CT molecular complexity index is 805. The van der Waals surface area contributed by atoms with Gasteiger partial charge in [-0.3, -0.25) is 0 Å². The van der Waals surface area contributed by atoms with Crippen molar-refractivity contribution >= 4 is 11.8 Å². The lowest BCUT2D eigenvalue weighted by molar-refractivity contribution is 0.228. The zero-order chi connectivity index (χ0) is 16.9. The van der Waals surface area contributed by atoms with Gasteiger partial charge in [-0.2, -0.15) is 0 Å². The minimum atomic E-state index is -0.131. The maximum atomic E-state index is 6.00. The monoisotopic (exact) mass is 321 g/mol. The first-order valence-corrected chi connectivity index (χ1v) is 7.64. The normalized spacial score (nSPS) is 11.8. The molecule has 0 saturated carbocycles. The Morgan fingerprint density at radius 2 is 1.67 bits per heavy atom. The molecule has 1 aromatic carbocycles. The van der Waals surface area contributed by atoms with Crippen LogP contribution in [0, 0.1) is 0 Å². The second-order valence-electron chi connectivity index (χ2n) is 5.32. The molecule has 0 fully saturated rings. The average Bonchev–Trinajstić information content (AvgIpc) is 2.64. The number of aromatic nitrogens is 3. The molecule has 0 aliphatic heterocycles. The molecule has 0 aliphatic carbocycles. The van der Waals surface area contributed by atoms with Gasteiger partial charge in [-0.05, 0) is 18.6 Å². The minimum Gasteiger partial charge on any atom is -0.482 e. The molecule has 24 heavy (non-hydrogen) atoms. The Labute approximate surface area is 140 Å². The summed E-state index contributed by atoms with van der Waals surface area (Å²) < 4.78 is 6.00. The molecule has 2 aromatic heterocycles. The fourth-order valence-electron chi connectivity index (χ4n) is 2.30. The number of anilines is 2. The van der Waals surface area contributed by atoms with E-state index in [1.165, 1.54) is 0 Å². The number of pyridine rings is 1. The highest BCUT2D eigenvalue weighted by Crippen LogP contribution is 2.30. The van der Waals surface area contributed by atoms with Gasteiger partial charge in [-0.25, -0.2) is 15.0 Å². The zero-order valence-electron chi connectivity index (χ0n) is 13.6. The van der Waals surface area contributed by atoms with Crippen molar-refractivity contribution in [3.8, 4) is 16.9 Å². The standard InChI is InChI=1S/C18H19N5O/c1-12(13-6-4-3-5-7-13)24-16-8-14(9-21-17(16)19)15-10-22-18(20-2)23-11-15/h3-12H,1-2H3,(H2,19,21)(H,20,22,23). The molecule has 3 rings (SSSR count). The molecule has 0 spiro atoms. The molecule has 3 aromatic rings. The second kappa shape index (κ2) is 6.95. The summed E-state index contributed by atoms with van der Waals surface area (Å²) in [5.74, 6) is 1.46. The molecule has 1 unspecified atom stereocenters. The van der Waals surface area contributed by atoms with Crippen LogP contribution in [0.3, 0.4) is 0 Å². The molecule has 3 N–H and O–H groups in total. The number of nitrogens with one attached hydrogen (secondary N) is 1. The van der Waals surface area contributed by atoms with Crippen molar-refractivity contribution in [1.29, 1.82) is 0 Å². The fraction of sp³-hybridized carbons (Fsp3) is 0.167. The summed E-state index contributed by atoms with van der Waals surface area (Å²) in [4.78, 5) is 12.7. The van der Waals surface area contributed by atoms with Gasteiger partial charge in [0.15, 0.2) is 11.6 Å². The van der Waals surface area contributed by atoms with Crippen molar-refractivity contribution in [3.05, 3.63) is 60.6 Å². The third kappa shape index (κ3) is 3.43. The van der Waals surface area contributed by atoms with E-state index in [2.05, 4.69) is 20.3 Å². The van der Waals surface area contributed by atoms with Crippen LogP contribution in [0.25, 0.3) is 11.1 Å². The molecular formula is C18H19N5O. The van der Waals surface area contributed by atoms with E-state index in [1.54, 1.807) is 25.6 Å². The van der Waals surface area contributed by atoms with E-state index in [9.17, 15) is 0 Å². The van der Waals surface area contributed by atoms with E-state index in [0.717, 1.165) is 16.7 Å². The Balaban J connectivity index is 1.85. The van der Waals surface area contributed by atoms with Gasteiger partial charge in [0.2, 0.25) is 5.95 Å². The predicted molar refractivity (Wildman–Crippen MR) is 94.7 cm³/mol. The summed E-state index contributed by atoms with van der Waals surface area (Å²) in [5.41, 5.74) is 8.73. The molecule has 0 saturated heterocycles. The van der Waals surface area contributed by atoms with Gasteiger partial charge in [0.05, 0.1) is 0 Å². The average molecular weight is 321 g/mol. The van der Waals surface area contributed by atoms with E-state index in [1.807, 2.05) is 43.3 Å². The van der Waals surface area contributed by atoms with E-state index in [4.69, 9.17) is 10.5 Å².